The van der Waals surface area contributed by atoms with E-state index in [0.29, 0.717) is 26.4 Å². The molecule has 7 heteroatoms. The van der Waals surface area contributed by atoms with Crippen LogP contribution in [0.1, 0.15) is 30.1 Å². The number of aryl methyl sites for hydroxylation is 1. The molecular weight excluding hydrogens is 309 g/mol. The Morgan fingerprint density at radius 3 is 2.74 bits per heavy atom. The molecule has 0 aliphatic rings. The maximum absolute atomic E-state index is 11.7. The number of esters is 1. The van der Waals surface area contributed by atoms with Crippen LogP contribution in [-0.2, 0) is 11.2 Å². The average Bonchev–Trinajstić information content (AvgIpc) is 2.92. The zero-order valence-corrected chi connectivity index (χ0v) is 12.7. The second-order valence-corrected chi connectivity index (χ2v) is 5.89. The summed E-state index contributed by atoms with van der Waals surface area (Å²) >= 11 is 13.1. The van der Waals surface area contributed by atoms with Crippen LogP contribution in [0.3, 0.4) is 0 Å². The summed E-state index contributed by atoms with van der Waals surface area (Å²) in [5.74, 6) is -0.110. The van der Waals surface area contributed by atoms with Gasteiger partial charge in [0, 0.05) is 0 Å². The van der Waals surface area contributed by atoms with Crippen molar-refractivity contribution >= 4 is 40.5 Å². The van der Waals surface area contributed by atoms with Crippen LogP contribution in [0.25, 0.3) is 11.5 Å². The molecule has 102 valence electrons. The number of oxazole rings is 1. The highest BCUT2D eigenvalue weighted by Crippen LogP contribution is 2.38. The van der Waals surface area contributed by atoms with Crippen molar-refractivity contribution in [1.29, 1.82) is 0 Å². The van der Waals surface area contributed by atoms with Gasteiger partial charge in [0.25, 0.3) is 0 Å². The molecular formula is C12H11Cl2NO3S. The van der Waals surface area contributed by atoms with Crippen molar-refractivity contribution in [2.24, 2.45) is 0 Å². The largest absolute Gasteiger partial charge is 0.460 e. The highest BCUT2D eigenvalue weighted by atomic mass is 35.5. The predicted octanol–water partition coefficient (Wildman–Crippen LogP) is 4.45. The van der Waals surface area contributed by atoms with Gasteiger partial charge in [-0.05, 0) is 19.4 Å². The van der Waals surface area contributed by atoms with Gasteiger partial charge in [0.05, 0.1) is 22.2 Å². The van der Waals surface area contributed by atoms with Gasteiger partial charge in [-0.15, -0.1) is 11.3 Å². The molecule has 2 aromatic heterocycles. The predicted molar refractivity (Wildman–Crippen MR) is 75.2 cm³/mol. The number of carbonyl (C=O) groups excluding carboxylic acids is 1. The summed E-state index contributed by atoms with van der Waals surface area (Å²) < 4.78 is 11.4. The van der Waals surface area contributed by atoms with Crippen LogP contribution in [0.15, 0.2) is 10.5 Å². The fourth-order valence-electron chi connectivity index (χ4n) is 1.55. The Morgan fingerprint density at radius 1 is 1.47 bits per heavy atom. The lowest BCUT2D eigenvalue weighted by Gasteiger charge is -1.98. The monoisotopic (exact) mass is 319 g/mol. The van der Waals surface area contributed by atoms with E-state index in [1.54, 1.807) is 13.0 Å². The first-order valence-corrected chi connectivity index (χ1v) is 7.26. The van der Waals surface area contributed by atoms with Gasteiger partial charge >= 0.3 is 5.97 Å². The summed E-state index contributed by atoms with van der Waals surface area (Å²) in [5, 5.41) is 0. The molecule has 0 aliphatic carbocycles. The molecule has 2 rings (SSSR count). The van der Waals surface area contributed by atoms with Crippen molar-refractivity contribution < 1.29 is 13.9 Å². The molecule has 0 saturated carbocycles. The maximum Gasteiger partial charge on any atom is 0.376 e. The van der Waals surface area contributed by atoms with Crippen LogP contribution in [0.2, 0.25) is 8.67 Å². The Hall–Kier alpha value is -1.04. The van der Waals surface area contributed by atoms with Crippen LogP contribution in [-0.4, -0.2) is 17.6 Å². The molecule has 19 heavy (non-hydrogen) atoms. The van der Waals surface area contributed by atoms with E-state index >= 15 is 0 Å². The second-order valence-electron chi connectivity index (χ2n) is 3.61. The van der Waals surface area contributed by atoms with E-state index in [9.17, 15) is 4.79 Å². The maximum atomic E-state index is 11.7. The molecule has 0 aromatic carbocycles. The third-order valence-electron chi connectivity index (χ3n) is 2.38. The fourth-order valence-corrected chi connectivity index (χ4v) is 3.00. The van der Waals surface area contributed by atoms with Gasteiger partial charge in [-0.3, -0.25) is 0 Å². The van der Waals surface area contributed by atoms with Crippen LogP contribution < -0.4 is 0 Å². The number of aromatic nitrogens is 1. The van der Waals surface area contributed by atoms with E-state index in [1.165, 1.54) is 11.3 Å². The first-order valence-electron chi connectivity index (χ1n) is 5.68. The van der Waals surface area contributed by atoms with Gasteiger partial charge < -0.3 is 9.15 Å². The highest BCUT2D eigenvalue weighted by Gasteiger charge is 2.23. The molecule has 0 fully saturated rings. The van der Waals surface area contributed by atoms with E-state index in [2.05, 4.69) is 4.98 Å². The van der Waals surface area contributed by atoms with Gasteiger partial charge in [0.2, 0.25) is 11.7 Å². The first-order chi connectivity index (χ1) is 9.06. The number of hydrogen-bond acceptors (Lipinski definition) is 5. The van der Waals surface area contributed by atoms with Gasteiger partial charge in [-0.2, -0.15) is 0 Å². The third kappa shape index (κ3) is 2.94. The number of thiophene rings is 1. The highest BCUT2D eigenvalue weighted by molar-refractivity contribution is 7.20. The van der Waals surface area contributed by atoms with Crippen LogP contribution in [0.5, 0.6) is 0 Å². The van der Waals surface area contributed by atoms with E-state index in [4.69, 9.17) is 32.4 Å². The molecule has 0 atom stereocenters. The van der Waals surface area contributed by atoms with Crippen molar-refractivity contribution in [1.82, 2.24) is 4.98 Å². The van der Waals surface area contributed by atoms with E-state index in [-0.39, 0.29) is 18.3 Å². The van der Waals surface area contributed by atoms with Crippen molar-refractivity contribution in [3.63, 3.8) is 0 Å². The van der Waals surface area contributed by atoms with Crippen molar-refractivity contribution in [3.8, 4) is 11.5 Å². The molecule has 0 saturated heterocycles. The molecule has 0 N–H and O–H groups in total. The topological polar surface area (TPSA) is 52.3 Å². The van der Waals surface area contributed by atoms with Crippen LogP contribution in [0, 0.1) is 0 Å². The number of nitrogens with zero attached hydrogens (tertiary/aromatic N) is 1. The van der Waals surface area contributed by atoms with Gasteiger partial charge in [-0.25, -0.2) is 9.78 Å². The molecule has 0 bridgehead atoms. The normalized spacial score (nSPS) is 10.7. The van der Waals surface area contributed by atoms with Gasteiger partial charge in [0.15, 0.2) is 0 Å². The molecule has 0 aliphatic heterocycles. The minimum Gasteiger partial charge on any atom is -0.460 e. The van der Waals surface area contributed by atoms with Crippen molar-refractivity contribution in [3.05, 3.63) is 26.2 Å². The summed E-state index contributed by atoms with van der Waals surface area (Å²) in [6.45, 7) is 3.89. The van der Waals surface area contributed by atoms with E-state index in [1.807, 2.05) is 6.92 Å². The Kier molecular flexibility index (Phi) is 4.50. The number of ether oxygens (including phenoxy) is 1. The third-order valence-corrected chi connectivity index (χ3v) is 3.87. The first kappa shape index (κ1) is 14.4. The summed E-state index contributed by atoms with van der Waals surface area (Å²) in [6.07, 6.45) is 0.563. The molecule has 2 aromatic rings. The zero-order valence-electron chi connectivity index (χ0n) is 10.3. The summed E-state index contributed by atoms with van der Waals surface area (Å²) in [5.41, 5.74) is 1.13. The number of rotatable bonds is 4. The van der Waals surface area contributed by atoms with Crippen molar-refractivity contribution in [2.45, 2.75) is 20.3 Å². The lowest BCUT2D eigenvalue weighted by molar-refractivity contribution is 0.0489. The molecule has 2 heterocycles. The molecule has 0 unspecified atom stereocenters. The standard InChI is InChI=1S/C12H11Cl2NO3S/c1-3-7-9(12(16)17-4-2)18-11(15-7)6-5-8(13)19-10(6)14/h5H,3-4H2,1-2H3. The van der Waals surface area contributed by atoms with Gasteiger partial charge in [0.1, 0.15) is 4.34 Å². The summed E-state index contributed by atoms with van der Waals surface area (Å²) in [4.78, 5) is 16.0. The van der Waals surface area contributed by atoms with E-state index in [0.717, 1.165) is 0 Å². The zero-order chi connectivity index (χ0) is 14.0. The van der Waals surface area contributed by atoms with Crippen molar-refractivity contribution in [2.75, 3.05) is 6.61 Å². The Labute approximate surface area is 124 Å². The minimum absolute atomic E-state index is 0.123. The van der Waals surface area contributed by atoms with E-state index < -0.39 is 5.97 Å². The van der Waals surface area contributed by atoms with Crippen LogP contribution >= 0.6 is 34.5 Å². The molecule has 0 radical (unpaired) electrons. The Morgan fingerprint density at radius 2 is 2.21 bits per heavy atom. The second kappa shape index (κ2) is 5.94. The lowest BCUT2D eigenvalue weighted by Crippen LogP contribution is -2.05. The van der Waals surface area contributed by atoms with Gasteiger partial charge in [-0.1, -0.05) is 30.1 Å². The smallest absolute Gasteiger partial charge is 0.376 e. The Bertz CT molecular complexity index is 606. The average molecular weight is 320 g/mol. The molecule has 0 amide bonds. The Balaban J connectivity index is 2.44. The minimum atomic E-state index is -0.518. The number of carbonyl (C=O) groups is 1. The lowest BCUT2D eigenvalue weighted by atomic mass is 10.3. The summed E-state index contributed by atoms with van der Waals surface area (Å²) in [7, 11) is 0. The number of halogens is 2. The SMILES string of the molecule is CCOC(=O)c1oc(-c2cc(Cl)sc2Cl)nc1CC. The quantitative estimate of drug-likeness (QED) is 0.781. The van der Waals surface area contributed by atoms with Crippen LogP contribution in [0.4, 0.5) is 0 Å². The number of hydrogen-bond donors (Lipinski definition) is 0. The summed E-state index contributed by atoms with van der Waals surface area (Å²) in [6, 6.07) is 1.66. The molecule has 0 spiro atoms. The fraction of sp³-hybridized carbons (Fsp3) is 0.333. The molecule has 4 nitrogen and oxygen atoms in total.